The van der Waals surface area contributed by atoms with Crippen LogP contribution in [0.1, 0.15) is 37.8 Å². The fourth-order valence-electron chi connectivity index (χ4n) is 2.15. The first-order chi connectivity index (χ1) is 9.76. The molecule has 4 heteroatoms. The maximum absolute atomic E-state index is 4.74. The van der Waals surface area contributed by atoms with Gasteiger partial charge in [0.1, 0.15) is 5.82 Å². The minimum atomic E-state index is 0.631. The van der Waals surface area contributed by atoms with Gasteiger partial charge < -0.3 is 5.32 Å². The molecule has 1 N–H and O–H groups in total. The minimum absolute atomic E-state index is 0.631. The molecular weight excluding hydrogens is 314 g/mol. The molecule has 3 nitrogen and oxygen atoms in total. The first-order valence-electron chi connectivity index (χ1n) is 7.15. The number of benzene rings is 1. The van der Waals surface area contributed by atoms with Crippen molar-refractivity contribution >= 4 is 21.7 Å². The van der Waals surface area contributed by atoms with Gasteiger partial charge in [0, 0.05) is 34.3 Å². The highest BCUT2D eigenvalue weighted by atomic mass is 79.9. The second-order valence-corrected chi connectivity index (χ2v) is 6.13. The quantitative estimate of drug-likeness (QED) is 0.869. The van der Waals surface area contributed by atoms with E-state index >= 15 is 0 Å². The van der Waals surface area contributed by atoms with E-state index < -0.39 is 0 Å². The Kier molecular flexibility index (Phi) is 4.01. The van der Waals surface area contributed by atoms with E-state index in [0.29, 0.717) is 5.92 Å². The maximum atomic E-state index is 4.74. The Balaban J connectivity index is 1.98. The highest BCUT2D eigenvalue weighted by Gasteiger charge is 2.26. The molecule has 0 amide bonds. The normalized spacial score (nSPS) is 14.3. The van der Waals surface area contributed by atoms with E-state index in [2.05, 4.69) is 51.4 Å². The highest BCUT2D eigenvalue weighted by Crippen LogP contribution is 2.40. The van der Waals surface area contributed by atoms with Crippen LogP contribution in [0.5, 0.6) is 0 Å². The SMILES string of the molecule is CCCNc1cc(C2CC2)nc(-c2cccc(Br)c2)n1. The predicted molar refractivity (Wildman–Crippen MR) is 85.9 cm³/mol. The van der Waals surface area contributed by atoms with Crippen molar-refractivity contribution in [1.82, 2.24) is 9.97 Å². The zero-order chi connectivity index (χ0) is 13.9. The van der Waals surface area contributed by atoms with Crippen LogP contribution < -0.4 is 5.32 Å². The van der Waals surface area contributed by atoms with Crippen molar-refractivity contribution in [2.45, 2.75) is 32.1 Å². The Hall–Kier alpha value is -1.42. The Bertz CT molecular complexity index is 608. The van der Waals surface area contributed by atoms with Crippen molar-refractivity contribution in [2.24, 2.45) is 0 Å². The van der Waals surface area contributed by atoms with Crippen LogP contribution >= 0.6 is 15.9 Å². The first kappa shape index (κ1) is 13.6. The number of nitrogens with one attached hydrogen (secondary N) is 1. The van der Waals surface area contributed by atoms with Crippen molar-refractivity contribution < 1.29 is 0 Å². The smallest absolute Gasteiger partial charge is 0.161 e. The van der Waals surface area contributed by atoms with Crippen molar-refractivity contribution in [3.05, 3.63) is 40.5 Å². The third-order valence-electron chi connectivity index (χ3n) is 3.38. The van der Waals surface area contributed by atoms with Gasteiger partial charge in [0.05, 0.1) is 0 Å². The lowest BCUT2D eigenvalue weighted by Crippen LogP contribution is -2.05. The summed E-state index contributed by atoms with van der Waals surface area (Å²) in [6.07, 6.45) is 3.60. The van der Waals surface area contributed by atoms with Crippen LogP contribution in [0.25, 0.3) is 11.4 Å². The van der Waals surface area contributed by atoms with E-state index in [1.165, 1.54) is 18.5 Å². The number of aromatic nitrogens is 2. The highest BCUT2D eigenvalue weighted by molar-refractivity contribution is 9.10. The molecule has 0 unspecified atom stereocenters. The van der Waals surface area contributed by atoms with Crippen molar-refractivity contribution in [1.29, 1.82) is 0 Å². The number of nitrogens with zero attached hydrogens (tertiary/aromatic N) is 2. The van der Waals surface area contributed by atoms with Gasteiger partial charge >= 0.3 is 0 Å². The van der Waals surface area contributed by atoms with E-state index in [0.717, 1.165) is 34.6 Å². The number of hydrogen-bond donors (Lipinski definition) is 1. The summed E-state index contributed by atoms with van der Waals surface area (Å²) in [7, 11) is 0. The van der Waals surface area contributed by atoms with Gasteiger partial charge in [0.2, 0.25) is 0 Å². The number of halogens is 1. The fraction of sp³-hybridized carbons (Fsp3) is 0.375. The van der Waals surface area contributed by atoms with Gasteiger partial charge in [-0.1, -0.05) is 35.0 Å². The van der Waals surface area contributed by atoms with Crippen LogP contribution in [-0.2, 0) is 0 Å². The molecule has 20 heavy (non-hydrogen) atoms. The first-order valence-corrected chi connectivity index (χ1v) is 7.94. The molecule has 3 rings (SSSR count). The predicted octanol–water partition coefficient (Wildman–Crippen LogP) is 4.61. The largest absolute Gasteiger partial charge is 0.370 e. The van der Waals surface area contributed by atoms with E-state index in [4.69, 9.17) is 4.98 Å². The third-order valence-corrected chi connectivity index (χ3v) is 3.87. The van der Waals surface area contributed by atoms with Crippen LogP contribution in [0.3, 0.4) is 0 Å². The lowest BCUT2D eigenvalue weighted by Gasteiger charge is -2.09. The van der Waals surface area contributed by atoms with Gasteiger partial charge in [-0.2, -0.15) is 0 Å². The van der Waals surface area contributed by atoms with Gasteiger partial charge in [-0.25, -0.2) is 9.97 Å². The molecule has 2 aromatic rings. The lowest BCUT2D eigenvalue weighted by atomic mass is 10.2. The van der Waals surface area contributed by atoms with E-state index in [9.17, 15) is 0 Å². The molecule has 1 aliphatic carbocycles. The average molecular weight is 332 g/mol. The molecule has 0 aliphatic heterocycles. The summed E-state index contributed by atoms with van der Waals surface area (Å²) in [5.74, 6) is 2.39. The molecule has 1 heterocycles. The Morgan fingerprint density at radius 3 is 2.80 bits per heavy atom. The second kappa shape index (κ2) is 5.92. The Morgan fingerprint density at radius 1 is 1.25 bits per heavy atom. The van der Waals surface area contributed by atoms with Gasteiger partial charge in [-0.15, -0.1) is 0 Å². The zero-order valence-electron chi connectivity index (χ0n) is 11.6. The standard InChI is InChI=1S/C16H18BrN3/c1-2-8-18-15-10-14(11-6-7-11)19-16(20-15)12-4-3-5-13(17)9-12/h3-5,9-11H,2,6-8H2,1H3,(H,18,19,20). The van der Waals surface area contributed by atoms with Gasteiger partial charge in [-0.05, 0) is 31.4 Å². The molecule has 0 atom stereocenters. The molecule has 1 fully saturated rings. The van der Waals surface area contributed by atoms with Gasteiger partial charge in [0.25, 0.3) is 0 Å². The molecule has 0 bridgehead atoms. The molecule has 0 spiro atoms. The summed E-state index contributed by atoms with van der Waals surface area (Å²) in [4.78, 5) is 9.39. The van der Waals surface area contributed by atoms with Crippen LogP contribution in [0.15, 0.2) is 34.8 Å². The van der Waals surface area contributed by atoms with Crippen molar-refractivity contribution in [3.63, 3.8) is 0 Å². The molecule has 1 saturated carbocycles. The Labute approximate surface area is 128 Å². The molecule has 1 aliphatic rings. The topological polar surface area (TPSA) is 37.8 Å². The van der Waals surface area contributed by atoms with Crippen LogP contribution in [0.4, 0.5) is 5.82 Å². The van der Waals surface area contributed by atoms with E-state index in [1.54, 1.807) is 0 Å². The van der Waals surface area contributed by atoms with Crippen molar-refractivity contribution in [2.75, 3.05) is 11.9 Å². The van der Waals surface area contributed by atoms with Crippen LogP contribution in [-0.4, -0.2) is 16.5 Å². The lowest BCUT2D eigenvalue weighted by molar-refractivity contribution is 0.948. The van der Waals surface area contributed by atoms with E-state index in [-0.39, 0.29) is 0 Å². The van der Waals surface area contributed by atoms with Crippen LogP contribution in [0.2, 0.25) is 0 Å². The molecule has 104 valence electrons. The maximum Gasteiger partial charge on any atom is 0.161 e. The summed E-state index contributed by atoms with van der Waals surface area (Å²) >= 11 is 3.51. The minimum Gasteiger partial charge on any atom is -0.370 e. The van der Waals surface area contributed by atoms with Crippen molar-refractivity contribution in [3.8, 4) is 11.4 Å². The van der Waals surface area contributed by atoms with E-state index in [1.807, 2.05) is 12.1 Å². The Morgan fingerprint density at radius 2 is 2.10 bits per heavy atom. The number of rotatable bonds is 5. The molecule has 0 radical (unpaired) electrons. The zero-order valence-corrected chi connectivity index (χ0v) is 13.2. The molecule has 0 saturated heterocycles. The number of anilines is 1. The summed E-state index contributed by atoms with van der Waals surface area (Å²) in [6, 6.07) is 10.3. The second-order valence-electron chi connectivity index (χ2n) is 5.21. The average Bonchev–Trinajstić information content (AvgIpc) is 3.29. The summed E-state index contributed by atoms with van der Waals surface area (Å²) in [5, 5.41) is 3.38. The van der Waals surface area contributed by atoms with Gasteiger partial charge in [-0.3, -0.25) is 0 Å². The molecule has 1 aromatic heterocycles. The summed E-state index contributed by atoms with van der Waals surface area (Å²) in [6.45, 7) is 3.10. The molecular formula is C16H18BrN3. The summed E-state index contributed by atoms with van der Waals surface area (Å²) < 4.78 is 1.05. The van der Waals surface area contributed by atoms with Gasteiger partial charge in [0.15, 0.2) is 5.82 Å². The third kappa shape index (κ3) is 3.18. The van der Waals surface area contributed by atoms with Crippen LogP contribution in [0, 0.1) is 0 Å². The monoisotopic (exact) mass is 331 g/mol. The number of hydrogen-bond acceptors (Lipinski definition) is 3. The summed E-state index contributed by atoms with van der Waals surface area (Å²) in [5.41, 5.74) is 2.23. The fourth-order valence-corrected chi connectivity index (χ4v) is 2.55. The molecule has 1 aromatic carbocycles.